The van der Waals surface area contributed by atoms with Gasteiger partial charge in [0.2, 0.25) is 5.91 Å². The molecule has 2 aromatic heterocycles. The van der Waals surface area contributed by atoms with Crippen molar-refractivity contribution in [2.75, 3.05) is 5.32 Å². The third kappa shape index (κ3) is 3.08. The Morgan fingerprint density at radius 2 is 2.41 bits per heavy atom. The molecule has 0 aliphatic heterocycles. The fourth-order valence-corrected chi connectivity index (χ4v) is 1.99. The van der Waals surface area contributed by atoms with Crippen LogP contribution >= 0.6 is 11.3 Å². The molecule has 0 bridgehead atoms. The summed E-state index contributed by atoms with van der Waals surface area (Å²) >= 11 is 1.36. The first-order valence-electron chi connectivity index (χ1n) is 4.89. The van der Waals surface area contributed by atoms with Crippen LogP contribution in [0.15, 0.2) is 11.6 Å². The van der Waals surface area contributed by atoms with Gasteiger partial charge >= 0.3 is 0 Å². The molecule has 0 fully saturated rings. The molecular weight excluding hydrogens is 242 g/mol. The van der Waals surface area contributed by atoms with Crippen LogP contribution in [-0.4, -0.2) is 31.0 Å². The van der Waals surface area contributed by atoms with Crippen molar-refractivity contribution in [3.8, 4) is 0 Å². The highest BCUT2D eigenvalue weighted by Crippen LogP contribution is 2.15. The highest BCUT2D eigenvalue weighted by atomic mass is 32.1. The second-order valence-corrected chi connectivity index (χ2v) is 4.25. The van der Waals surface area contributed by atoms with Crippen molar-refractivity contribution < 1.29 is 9.90 Å². The molecule has 0 aliphatic rings. The van der Waals surface area contributed by atoms with E-state index in [1.54, 1.807) is 10.9 Å². The van der Waals surface area contributed by atoms with E-state index < -0.39 is 0 Å². The molecule has 2 N–H and O–H groups in total. The SMILES string of the molecule is CC(=O)Nc1nc(Cn2cc(CO)nn2)cs1. The van der Waals surface area contributed by atoms with Crippen LogP contribution in [0.1, 0.15) is 18.3 Å². The number of aromatic nitrogens is 4. The van der Waals surface area contributed by atoms with E-state index in [2.05, 4.69) is 20.6 Å². The molecule has 8 heteroatoms. The normalized spacial score (nSPS) is 10.5. The monoisotopic (exact) mass is 253 g/mol. The second-order valence-electron chi connectivity index (χ2n) is 3.39. The van der Waals surface area contributed by atoms with Crippen molar-refractivity contribution in [3.05, 3.63) is 23.0 Å². The maximum absolute atomic E-state index is 10.8. The van der Waals surface area contributed by atoms with Gasteiger partial charge in [-0.05, 0) is 0 Å². The maximum Gasteiger partial charge on any atom is 0.223 e. The van der Waals surface area contributed by atoms with Gasteiger partial charge in [0, 0.05) is 12.3 Å². The summed E-state index contributed by atoms with van der Waals surface area (Å²) in [7, 11) is 0. The van der Waals surface area contributed by atoms with Gasteiger partial charge in [-0.3, -0.25) is 4.79 Å². The van der Waals surface area contributed by atoms with Gasteiger partial charge in [-0.15, -0.1) is 16.4 Å². The summed E-state index contributed by atoms with van der Waals surface area (Å²) in [5.41, 5.74) is 1.30. The van der Waals surface area contributed by atoms with Crippen LogP contribution in [0.25, 0.3) is 0 Å². The van der Waals surface area contributed by atoms with Crippen molar-refractivity contribution in [2.24, 2.45) is 0 Å². The van der Waals surface area contributed by atoms with E-state index >= 15 is 0 Å². The molecule has 2 heterocycles. The van der Waals surface area contributed by atoms with E-state index in [4.69, 9.17) is 5.11 Å². The maximum atomic E-state index is 10.8. The number of hydrogen-bond donors (Lipinski definition) is 2. The number of aliphatic hydroxyl groups is 1. The zero-order chi connectivity index (χ0) is 12.3. The standard InChI is InChI=1S/C9H11N5O2S/c1-6(16)10-9-11-8(5-17-9)3-14-2-7(4-15)12-13-14/h2,5,15H,3-4H2,1H3,(H,10,11,16). The van der Waals surface area contributed by atoms with E-state index in [9.17, 15) is 4.79 Å². The first kappa shape index (κ1) is 11.7. The lowest BCUT2D eigenvalue weighted by Crippen LogP contribution is -2.06. The molecule has 0 unspecified atom stereocenters. The van der Waals surface area contributed by atoms with Crippen molar-refractivity contribution in [1.82, 2.24) is 20.0 Å². The van der Waals surface area contributed by atoms with Crippen LogP contribution in [0, 0.1) is 0 Å². The fourth-order valence-electron chi connectivity index (χ4n) is 1.24. The zero-order valence-corrected chi connectivity index (χ0v) is 9.94. The minimum absolute atomic E-state index is 0.131. The van der Waals surface area contributed by atoms with Crippen molar-refractivity contribution >= 4 is 22.4 Å². The zero-order valence-electron chi connectivity index (χ0n) is 9.12. The topological polar surface area (TPSA) is 92.9 Å². The highest BCUT2D eigenvalue weighted by molar-refractivity contribution is 7.13. The average molecular weight is 253 g/mol. The van der Waals surface area contributed by atoms with Gasteiger partial charge in [-0.1, -0.05) is 5.21 Å². The van der Waals surface area contributed by atoms with Crippen molar-refractivity contribution in [3.63, 3.8) is 0 Å². The van der Waals surface area contributed by atoms with E-state index in [1.807, 2.05) is 5.38 Å². The Hall–Kier alpha value is -1.80. The number of thiazole rings is 1. The number of carbonyl (C=O) groups excluding carboxylic acids is 1. The van der Waals surface area contributed by atoms with Crippen LogP contribution in [0.3, 0.4) is 0 Å². The first-order valence-corrected chi connectivity index (χ1v) is 5.77. The quantitative estimate of drug-likeness (QED) is 0.813. The third-order valence-corrected chi connectivity index (χ3v) is 2.71. The Kier molecular flexibility index (Phi) is 3.45. The van der Waals surface area contributed by atoms with E-state index in [0.717, 1.165) is 5.69 Å². The Morgan fingerprint density at radius 1 is 1.59 bits per heavy atom. The number of rotatable bonds is 4. The van der Waals surface area contributed by atoms with Gasteiger partial charge in [-0.25, -0.2) is 9.67 Å². The van der Waals surface area contributed by atoms with Gasteiger partial charge < -0.3 is 10.4 Å². The van der Waals surface area contributed by atoms with Gasteiger partial charge in [-0.2, -0.15) is 0 Å². The molecule has 0 aliphatic carbocycles. The summed E-state index contributed by atoms with van der Waals surface area (Å²) < 4.78 is 1.58. The number of hydrogen-bond acceptors (Lipinski definition) is 6. The summed E-state index contributed by atoms with van der Waals surface area (Å²) in [6.07, 6.45) is 1.65. The van der Waals surface area contributed by atoms with E-state index in [-0.39, 0.29) is 12.5 Å². The molecule has 90 valence electrons. The predicted molar refractivity (Wildman–Crippen MR) is 61.5 cm³/mol. The molecule has 2 rings (SSSR count). The minimum atomic E-state index is -0.144. The van der Waals surface area contributed by atoms with Crippen LogP contribution in [0.2, 0.25) is 0 Å². The Labute approximate surface area is 101 Å². The lowest BCUT2D eigenvalue weighted by Gasteiger charge is -1.95. The van der Waals surface area contributed by atoms with Gasteiger partial charge in [0.15, 0.2) is 5.13 Å². The molecule has 2 aromatic rings. The van der Waals surface area contributed by atoms with Crippen molar-refractivity contribution in [1.29, 1.82) is 0 Å². The van der Waals surface area contributed by atoms with E-state index in [1.165, 1.54) is 18.3 Å². The molecule has 7 nitrogen and oxygen atoms in total. The summed E-state index contributed by atoms with van der Waals surface area (Å²) in [6, 6.07) is 0. The van der Waals surface area contributed by atoms with Crippen molar-refractivity contribution in [2.45, 2.75) is 20.1 Å². The summed E-state index contributed by atoms with van der Waals surface area (Å²) in [5, 5.41) is 21.4. The molecule has 0 atom stereocenters. The Balaban J connectivity index is 2.03. The molecule has 0 saturated heterocycles. The molecule has 0 spiro atoms. The highest BCUT2D eigenvalue weighted by Gasteiger charge is 2.05. The smallest absolute Gasteiger partial charge is 0.223 e. The predicted octanol–water partition coefficient (Wildman–Crippen LogP) is 0.234. The Bertz CT molecular complexity index is 521. The fraction of sp³-hybridized carbons (Fsp3) is 0.333. The molecule has 0 aromatic carbocycles. The van der Waals surface area contributed by atoms with Gasteiger partial charge in [0.25, 0.3) is 0 Å². The van der Waals surface area contributed by atoms with Gasteiger partial charge in [0.1, 0.15) is 5.69 Å². The molecular formula is C9H11N5O2S. The largest absolute Gasteiger partial charge is 0.390 e. The summed E-state index contributed by atoms with van der Waals surface area (Å²) in [4.78, 5) is 15.0. The Morgan fingerprint density at radius 3 is 3.06 bits per heavy atom. The van der Waals surface area contributed by atoms with Gasteiger partial charge in [0.05, 0.1) is 25.0 Å². The first-order chi connectivity index (χ1) is 8.17. The lowest BCUT2D eigenvalue weighted by molar-refractivity contribution is -0.114. The molecule has 0 radical (unpaired) electrons. The number of nitrogens with zero attached hydrogens (tertiary/aromatic N) is 4. The van der Waals surface area contributed by atoms with Crippen LogP contribution in [-0.2, 0) is 17.9 Å². The molecule has 17 heavy (non-hydrogen) atoms. The van der Waals surface area contributed by atoms with E-state index in [0.29, 0.717) is 17.4 Å². The molecule has 1 amide bonds. The minimum Gasteiger partial charge on any atom is -0.390 e. The number of carbonyl (C=O) groups is 1. The summed E-state index contributed by atoms with van der Waals surface area (Å²) in [6.45, 7) is 1.77. The lowest BCUT2D eigenvalue weighted by atomic mass is 10.5. The number of anilines is 1. The molecule has 0 saturated carbocycles. The van der Waals surface area contributed by atoms with Crippen LogP contribution in [0.5, 0.6) is 0 Å². The number of aliphatic hydroxyl groups excluding tert-OH is 1. The average Bonchev–Trinajstić information content (AvgIpc) is 2.88. The van der Waals surface area contributed by atoms with Crippen LogP contribution in [0.4, 0.5) is 5.13 Å². The van der Waals surface area contributed by atoms with Crippen LogP contribution < -0.4 is 5.32 Å². The second kappa shape index (κ2) is 5.02. The third-order valence-electron chi connectivity index (χ3n) is 1.91. The number of amides is 1. The summed E-state index contributed by atoms with van der Waals surface area (Å²) in [5.74, 6) is -0.144. The number of nitrogens with one attached hydrogen (secondary N) is 1.